The van der Waals surface area contributed by atoms with Gasteiger partial charge in [0.2, 0.25) is 5.91 Å². The molecule has 1 fully saturated rings. The lowest BCUT2D eigenvalue weighted by Crippen LogP contribution is -2.52. The lowest BCUT2D eigenvalue weighted by atomic mass is 9.83. The summed E-state index contributed by atoms with van der Waals surface area (Å²) in [6, 6.07) is 11.3. The first-order valence-electron chi connectivity index (χ1n) is 9.23. The third-order valence-corrected chi connectivity index (χ3v) is 5.65. The Morgan fingerprint density at radius 1 is 1.14 bits per heavy atom. The van der Waals surface area contributed by atoms with Gasteiger partial charge < -0.3 is 9.47 Å². The number of piperidine rings is 1. The minimum absolute atomic E-state index is 0.0439. The Hall–Kier alpha value is -2.80. The molecule has 2 aliphatic rings. The van der Waals surface area contributed by atoms with Gasteiger partial charge in [-0.1, -0.05) is 18.2 Å². The first kappa shape index (κ1) is 18.6. The molecule has 2 unspecified atom stereocenters. The van der Waals surface area contributed by atoms with Gasteiger partial charge in [0.05, 0.1) is 0 Å². The van der Waals surface area contributed by atoms with E-state index >= 15 is 0 Å². The Morgan fingerprint density at radius 2 is 1.93 bits per heavy atom. The average molecular weight is 397 g/mol. The van der Waals surface area contributed by atoms with Crippen LogP contribution in [0.15, 0.2) is 53.3 Å². The normalized spacial score (nSPS) is 20.7. The summed E-state index contributed by atoms with van der Waals surface area (Å²) in [6.07, 6.45) is 4.03. The maximum absolute atomic E-state index is 12.9. The number of benzene rings is 1. The van der Waals surface area contributed by atoms with Gasteiger partial charge in [-0.15, -0.1) is 0 Å². The van der Waals surface area contributed by atoms with E-state index in [9.17, 15) is 14.0 Å². The molecule has 0 radical (unpaired) electrons. The molecule has 0 aliphatic carbocycles. The van der Waals surface area contributed by atoms with E-state index in [1.807, 2.05) is 15.5 Å². The number of nitrogens with one attached hydrogen (secondary N) is 1. The number of halogens is 1. The third-order valence-electron chi connectivity index (χ3n) is 5.29. The summed E-state index contributed by atoms with van der Waals surface area (Å²) >= 11 is 5.44. The first-order valence-corrected chi connectivity index (χ1v) is 9.64. The number of rotatable bonds is 2. The van der Waals surface area contributed by atoms with E-state index < -0.39 is 0 Å². The average Bonchev–Trinajstić information content (AvgIpc) is 2.68. The van der Waals surface area contributed by atoms with Gasteiger partial charge in [0.15, 0.2) is 5.11 Å². The summed E-state index contributed by atoms with van der Waals surface area (Å²) in [5.74, 6) is -0.0779. The Labute approximate surface area is 167 Å². The van der Waals surface area contributed by atoms with Crippen LogP contribution < -0.4 is 10.9 Å². The third kappa shape index (κ3) is 3.89. The van der Waals surface area contributed by atoms with E-state index in [2.05, 4.69) is 5.32 Å². The molecule has 0 spiro atoms. The molecule has 28 heavy (non-hydrogen) atoms. The van der Waals surface area contributed by atoms with Gasteiger partial charge in [0.1, 0.15) is 5.82 Å². The van der Waals surface area contributed by atoms with Crippen LogP contribution in [0.3, 0.4) is 0 Å². The number of likely N-dealkylation sites (tertiary alicyclic amines) is 1. The zero-order valence-corrected chi connectivity index (χ0v) is 16.0. The largest absolute Gasteiger partial charge is 0.348 e. The van der Waals surface area contributed by atoms with Crippen molar-refractivity contribution in [3.63, 3.8) is 0 Å². The summed E-state index contributed by atoms with van der Waals surface area (Å²) in [5.41, 5.74) is 1.82. The summed E-state index contributed by atoms with van der Waals surface area (Å²) in [6.45, 7) is 2.09. The second-order valence-electron chi connectivity index (χ2n) is 7.28. The number of hydrogen-bond donors (Lipinski definition) is 1. The fourth-order valence-corrected chi connectivity index (χ4v) is 4.28. The van der Waals surface area contributed by atoms with Crippen molar-refractivity contribution in [2.24, 2.45) is 5.92 Å². The second kappa shape index (κ2) is 7.67. The standard InChI is InChI=1S/C21H20FN3O2S/c22-17-7-4-14(5-8-17)6-9-19(26)23-21(28)24-11-15-10-16(13-24)18-2-1-3-20(27)25(18)12-15/h1-9,15-16H,10-13H2,(H,23,26,28)/b9-6+. The summed E-state index contributed by atoms with van der Waals surface area (Å²) in [4.78, 5) is 26.3. The lowest BCUT2D eigenvalue weighted by molar-refractivity contribution is -0.115. The molecule has 144 valence electrons. The molecule has 2 bridgehead atoms. The number of nitrogens with zero attached hydrogens (tertiary/aromatic N) is 2. The van der Waals surface area contributed by atoms with Crippen LogP contribution in [0, 0.1) is 11.7 Å². The van der Waals surface area contributed by atoms with Gasteiger partial charge in [0, 0.05) is 43.4 Å². The van der Waals surface area contributed by atoms with Crippen LogP contribution in [-0.2, 0) is 11.3 Å². The predicted molar refractivity (Wildman–Crippen MR) is 109 cm³/mol. The zero-order chi connectivity index (χ0) is 19.7. The van der Waals surface area contributed by atoms with E-state index in [0.717, 1.165) is 24.2 Å². The second-order valence-corrected chi connectivity index (χ2v) is 7.67. The summed E-state index contributed by atoms with van der Waals surface area (Å²) in [5, 5.41) is 3.14. The Morgan fingerprint density at radius 3 is 2.71 bits per heavy atom. The molecule has 1 aromatic heterocycles. The number of fused-ring (bicyclic) bond motifs is 4. The van der Waals surface area contributed by atoms with Gasteiger partial charge in [-0.05, 0) is 54.4 Å². The topological polar surface area (TPSA) is 54.3 Å². The monoisotopic (exact) mass is 397 g/mol. The van der Waals surface area contributed by atoms with Gasteiger partial charge >= 0.3 is 0 Å². The van der Waals surface area contributed by atoms with Crippen LogP contribution in [0.1, 0.15) is 23.6 Å². The highest BCUT2D eigenvalue weighted by Crippen LogP contribution is 2.34. The Bertz CT molecular complexity index is 999. The SMILES string of the molecule is O=C(/C=C/c1ccc(F)cc1)NC(=S)N1CC2CC(C1)c1cccc(=O)n1C2. The zero-order valence-electron chi connectivity index (χ0n) is 15.2. The number of thiocarbonyl (C=S) groups is 1. The highest BCUT2D eigenvalue weighted by Gasteiger charge is 2.35. The van der Waals surface area contributed by atoms with Crippen molar-refractivity contribution in [2.75, 3.05) is 13.1 Å². The molecule has 2 aromatic rings. The van der Waals surface area contributed by atoms with E-state index in [0.29, 0.717) is 24.1 Å². The van der Waals surface area contributed by atoms with Crippen molar-refractivity contribution in [1.82, 2.24) is 14.8 Å². The van der Waals surface area contributed by atoms with Crippen LogP contribution >= 0.6 is 12.2 Å². The van der Waals surface area contributed by atoms with Crippen molar-refractivity contribution in [3.8, 4) is 0 Å². The van der Waals surface area contributed by atoms with Crippen molar-refractivity contribution < 1.29 is 9.18 Å². The van der Waals surface area contributed by atoms with Crippen LogP contribution in [0.25, 0.3) is 6.08 Å². The van der Waals surface area contributed by atoms with E-state index in [1.165, 1.54) is 18.2 Å². The summed E-state index contributed by atoms with van der Waals surface area (Å²) < 4.78 is 14.8. The maximum Gasteiger partial charge on any atom is 0.250 e. The van der Waals surface area contributed by atoms with Crippen LogP contribution in [-0.4, -0.2) is 33.6 Å². The molecule has 5 nitrogen and oxygen atoms in total. The van der Waals surface area contributed by atoms with Crippen molar-refractivity contribution in [1.29, 1.82) is 0 Å². The molecule has 1 aromatic carbocycles. The number of carbonyl (C=O) groups excluding carboxylic acids is 1. The number of amides is 1. The smallest absolute Gasteiger partial charge is 0.250 e. The minimum Gasteiger partial charge on any atom is -0.348 e. The van der Waals surface area contributed by atoms with E-state index in [1.54, 1.807) is 30.3 Å². The van der Waals surface area contributed by atoms with Crippen molar-refractivity contribution in [2.45, 2.75) is 18.9 Å². The first-order chi connectivity index (χ1) is 13.5. The molecule has 2 aliphatic heterocycles. The quantitative estimate of drug-likeness (QED) is 0.625. The van der Waals surface area contributed by atoms with Crippen molar-refractivity contribution >= 4 is 29.3 Å². The lowest BCUT2D eigenvalue weighted by Gasteiger charge is -2.43. The molecule has 1 saturated heterocycles. The Balaban J connectivity index is 1.40. The fraction of sp³-hybridized carbons (Fsp3) is 0.286. The summed E-state index contributed by atoms with van der Waals surface area (Å²) in [7, 11) is 0. The molecular formula is C21H20FN3O2S. The highest BCUT2D eigenvalue weighted by atomic mass is 32.1. The number of carbonyl (C=O) groups is 1. The van der Waals surface area contributed by atoms with Gasteiger partial charge in [-0.3, -0.25) is 14.9 Å². The fourth-order valence-electron chi connectivity index (χ4n) is 4.03. The van der Waals surface area contributed by atoms with Crippen molar-refractivity contribution in [3.05, 3.63) is 76.0 Å². The van der Waals surface area contributed by atoms with Gasteiger partial charge in [0.25, 0.3) is 5.56 Å². The number of hydrogen-bond acceptors (Lipinski definition) is 3. The van der Waals surface area contributed by atoms with E-state index in [-0.39, 0.29) is 23.2 Å². The molecule has 2 atom stereocenters. The van der Waals surface area contributed by atoms with Crippen LogP contribution in [0.4, 0.5) is 4.39 Å². The van der Waals surface area contributed by atoms with Crippen LogP contribution in [0.2, 0.25) is 0 Å². The van der Waals surface area contributed by atoms with Gasteiger partial charge in [-0.2, -0.15) is 0 Å². The molecule has 7 heteroatoms. The van der Waals surface area contributed by atoms with Gasteiger partial charge in [-0.25, -0.2) is 4.39 Å². The number of pyridine rings is 1. The predicted octanol–water partition coefficient (Wildman–Crippen LogP) is 2.52. The van der Waals surface area contributed by atoms with E-state index in [4.69, 9.17) is 12.2 Å². The van der Waals surface area contributed by atoms with Crippen LogP contribution in [0.5, 0.6) is 0 Å². The molecule has 3 heterocycles. The molecule has 0 saturated carbocycles. The highest BCUT2D eigenvalue weighted by molar-refractivity contribution is 7.80. The maximum atomic E-state index is 12.9. The minimum atomic E-state index is -0.318. The molecular weight excluding hydrogens is 377 g/mol. The molecule has 1 N–H and O–H groups in total. The molecule has 4 rings (SSSR count). The number of aromatic nitrogens is 1. The molecule has 1 amide bonds. The Kier molecular flexibility index (Phi) is 5.09.